The summed E-state index contributed by atoms with van der Waals surface area (Å²) in [7, 11) is 2.95. The van der Waals surface area contributed by atoms with Crippen molar-refractivity contribution in [1.29, 1.82) is 0 Å². The van der Waals surface area contributed by atoms with Gasteiger partial charge < -0.3 is 35.2 Å². The molecule has 248 valence electrons. The molecule has 0 aliphatic carbocycles. The molecule has 2 saturated heterocycles. The number of ether oxygens (including phenoxy) is 1. The van der Waals surface area contributed by atoms with Crippen molar-refractivity contribution < 1.29 is 43.4 Å². The van der Waals surface area contributed by atoms with Gasteiger partial charge in [0.15, 0.2) is 6.10 Å². The van der Waals surface area contributed by atoms with Crippen molar-refractivity contribution in [2.45, 2.75) is 104 Å². The number of aliphatic carboxylic acids is 1. The SMILES string of the molecule is CC[C@@H](C)[C@@H]1NC(=O)[C@H]2CCCN2C(=O)[C@@H](C[C@@H](C)C(=O)O)OC(=O)CCNC(=O)[C@@H](C)N(C)C(=O)[C@@H](C(C)C)N(C)C1=O. The van der Waals surface area contributed by atoms with E-state index in [4.69, 9.17) is 4.74 Å². The van der Waals surface area contributed by atoms with Gasteiger partial charge in [-0.2, -0.15) is 0 Å². The highest BCUT2D eigenvalue weighted by Gasteiger charge is 2.43. The minimum Gasteiger partial charge on any atom is -0.481 e. The summed E-state index contributed by atoms with van der Waals surface area (Å²) in [6.45, 7) is 10.2. The average Bonchev–Trinajstić information content (AvgIpc) is 3.46. The van der Waals surface area contributed by atoms with E-state index in [-0.39, 0.29) is 37.8 Å². The molecular weight excluding hydrogens is 574 g/mol. The molecule has 2 rings (SSSR count). The van der Waals surface area contributed by atoms with Gasteiger partial charge in [0.1, 0.15) is 24.2 Å². The Morgan fingerprint density at radius 3 is 2.18 bits per heavy atom. The summed E-state index contributed by atoms with van der Waals surface area (Å²) in [6, 6.07) is -3.87. The lowest BCUT2D eigenvalue weighted by Crippen LogP contribution is -2.60. The van der Waals surface area contributed by atoms with Crippen LogP contribution in [0.25, 0.3) is 0 Å². The van der Waals surface area contributed by atoms with Crippen LogP contribution >= 0.6 is 0 Å². The smallest absolute Gasteiger partial charge is 0.308 e. The summed E-state index contributed by atoms with van der Waals surface area (Å²) in [6.07, 6.45) is -0.787. The van der Waals surface area contributed by atoms with Crippen LogP contribution in [0.4, 0.5) is 0 Å². The Labute approximate surface area is 259 Å². The molecule has 3 N–H and O–H groups in total. The van der Waals surface area contributed by atoms with E-state index in [1.165, 1.54) is 42.6 Å². The molecule has 0 aromatic carbocycles. The molecule has 0 bridgehead atoms. The number of carbonyl (C=O) groups is 7. The van der Waals surface area contributed by atoms with E-state index in [0.717, 1.165) is 0 Å². The number of esters is 1. The van der Waals surface area contributed by atoms with Gasteiger partial charge in [-0.25, -0.2) is 0 Å². The van der Waals surface area contributed by atoms with Crippen LogP contribution in [0.5, 0.6) is 0 Å². The van der Waals surface area contributed by atoms with E-state index < -0.39 is 77.7 Å². The monoisotopic (exact) mass is 623 g/mol. The van der Waals surface area contributed by atoms with Gasteiger partial charge in [0.25, 0.3) is 5.91 Å². The third-order valence-electron chi connectivity index (χ3n) is 8.74. The lowest BCUT2D eigenvalue weighted by molar-refractivity contribution is -0.164. The quantitative estimate of drug-likeness (QED) is 0.352. The Morgan fingerprint density at radius 1 is 0.977 bits per heavy atom. The fourth-order valence-corrected chi connectivity index (χ4v) is 5.52. The minimum atomic E-state index is -1.47. The Hall–Kier alpha value is -3.71. The molecule has 0 aromatic heterocycles. The Morgan fingerprint density at radius 2 is 1.61 bits per heavy atom. The fraction of sp³-hybridized carbons (Fsp3) is 0.767. The number of cyclic esters (lactones) is 1. The Kier molecular flexibility index (Phi) is 13.1. The molecule has 2 fully saturated rings. The highest BCUT2D eigenvalue weighted by Crippen LogP contribution is 2.24. The summed E-state index contributed by atoms with van der Waals surface area (Å²) >= 11 is 0. The number of hydrogen-bond acceptors (Lipinski definition) is 8. The summed E-state index contributed by atoms with van der Waals surface area (Å²) in [5, 5.41) is 14.9. The number of amides is 5. The van der Waals surface area contributed by atoms with E-state index in [1.807, 2.05) is 6.92 Å². The normalized spacial score (nSPS) is 28.4. The number of nitrogens with one attached hydrogen (secondary N) is 2. The van der Waals surface area contributed by atoms with Gasteiger partial charge >= 0.3 is 11.9 Å². The Bertz CT molecular complexity index is 1110. The topological polar surface area (TPSA) is 183 Å². The van der Waals surface area contributed by atoms with Gasteiger partial charge in [-0.1, -0.05) is 41.0 Å². The first-order valence-electron chi connectivity index (χ1n) is 15.4. The number of nitrogens with zero attached hydrogens (tertiary/aromatic N) is 3. The van der Waals surface area contributed by atoms with Crippen molar-refractivity contribution in [3.63, 3.8) is 0 Å². The molecule has 5 amide bonds. The van der Waals surface area contributed by atoms with Crippen molar-refractivity contribution in [3.8, 4) is 0 Å². The second-order valence-corrected chi connectivity index (χ2v) is 12.3. The number of carbonyl (C=O) groups excluding carboxylic acids is 6. The highest BCUT2D eigenvalue weighted by molar-refractivity contribution is 5.96. The zero-order chi connectivity index (χ0) is 33.5. The molecule has 44 heavy (non-hydrogen) atoms. The molecule has 0 saturated carbocycles. The number of fused-ring (bicyclic) bond motifs is 1. The molecule has 0 aromatic rings. The van der Waals surface area contributed by atoms with Crippen molar-refractivity contribution in [2.75, 3.05) is 27.2 Å². The predicted octanol–water partition coefficient (Wildman–Crippen LogP) is 0.381. The van der Waals surface area contributed by atoms with Crippen LogP contribution in [0.1, 0.15) is 73.6 Å². The van der Waals surface area contributed by atoms with Crippen LogP contribution < -0.4 is 10.6 Å². The van der Waals surface area contributed by atoms with Crippen molar-refractivity contribution in [3.05, 3.63) is 0 Å². The average molecular weight is 624 g/mol. The lowest BCUT2D eigenvalue weighted by Gasteiger charge is -2.38. The van der Waals surface area contributed by atoms with Crippen LogP contribution in [0.15, 0.2) is 0 Å². The summed E-state index contributed by atoms with van der Waals surface area (Å²) in [4.78, 5) is 96.0. The van der Waals surface area contributed by atoms with Crippen molar-refractivity contribution >= 4 is 41.5 Å². The maximum absolute atomic E-state index is 13.9. The lowest BCUT2D eigenvalue weighted by atomic mass is 9.94. The third kappa shape index (κ3) is 8.69. The second kappa shape index (κ2) is 15.8. The predicted molar refractivity (Wildman–Crippen MR) is 159 cm³/mol. The van der Waals surface area contributed by atoms with Gasteiger partial charge in [-0.05, 0) is 31.6 Å². The molecule has 7 atom stereocenters. The maximum atomic E-state index is 13.9. The third-order valence-corrected chi connectivity index (χ3v) is 8.74. The first-order chi connectivity index (χ1) is 20.5. The van der Waals surface area contributed by atoms with Crippen molar-refractivity contribution in [1.82, 2.24) is 25.3 Å². The first-order valence-corrected chi connectivity index (χ1v) is 15.4. The van der Waals surface area contributed by atoms with E-state index in [1.54, 1.807) is 20.8 Å². The van der Waals surface area contributed by atoms with Crippen LogP contribution in [0.2, 0.25) is 0 Å². The molecule has 0 radical (unpaired) electrons. The summed E-state index contributed by atoms with van der Waals surface area (Å²) < 4.78 is 5.44. The van der Waals surface area contributed by atoms with Crippen LogP contribution in [-0.2, 0) is 38.3 Å². The van der Waals surface area contributed by atoms with Crippen LogP contribution in [0, 0.1) is 17.8 Å². The molecule has 2 aliphatic rings. The molecule has 0 unspecified atom stereocenters. The standard InChI is InChI=1S/C30H49N5O9/c1-9-17(4)23-28(40)34(8)24(16(2)3)29(41)33(7)19(6)25(37)31-13-12-22(36)44-21(15-18(5)30(42)43)27(39)35-14-10-11-20(35)26(38)32-23/h16-21,23-24H,9-15H2,1-8H3,(H,31,37)(H,32,38)(H,42,43)/t17-,18-,19-,20-,21-,23+,24-/m1/s1. The number of hydrogen-bond donors (Lipinski definition) is 3. The minimum absolute atomic E-state index is 0.156. The van der Waals surface area contributed by atoms with Crippen LogP contribution in [0.3, 0.4) is 0 Å². The zero-order valence-corrected chi connectivity index (χ0v) is 27.1. The van der Waals surface area contributed by atoms with Crippen LogP contribution in [-0.4, -0.2) is 119 Å². The molecule has 14 heteroatoms. The van der Waals surface area contributed by atoms with Gasteiger partial charge in [-0.3, -0.25) is 33.6 Å². The number of carboxylic acid groups (broad SMARTS) is 1. The first kappa shape index (κ1) is 36.5. The van der Waals surface area contributed by atoms with Crippen molar-refractivity contribution in [2.24, 2.45) is 17.8 Å². The molecule has 14 nitrogen and oxygen atoms in total. The van der Waals surface area contributed by atoms with E-state index in [2.05, 4.69) is 10.6 Å². The molecule has 0 spiro atoms. The number of likely N-dealkylation sites (N-methyl/N-ethyl adjacent to an activating group) is 2. The van der Waals surface area contributed by atoms with Gasteiger partial charge in [0, 0.05) is 33.6 Å². The molecule has 2 heterocycles. The van der Waals surface area contributed by atoms with Gasteiger partial charge in [0.2, 0.25) is 23.6 Å². The highest BCUT2D eigenvalue weighted by atomic mass is 16.5. The Balaban J connectivity index is 2.56. The van der Waals surface area contributed by atoms with Gasteiger partial charge in [-0.15, -0.1) is 0 Å². The molecular formula is C30H49N5O9. The van der Waals surface area contributed by atoms with E-state index in [0.29, 0.717) is 19.3 Å². The largest absolute Gasteiger partial charge is 0.481 e. The fourth-order valence-electron chi connectivity index (χ4n) is 5.52. The van der Waals surface area contributed by atoms with Gasteiger partial charge in [0.05, 0.1) is 12.3 Å². The van der Waals surface area contributed by atoms with E-state index in [9.17, 15) is 38.7 Å². The summed E-state index contributed by atoms with van der Waals surface area (Å²) in [5.41, 5.74) is 0. The molecule has 2 aliphatic heterocycles. The summed E-state index contributed by atoms with van der Waals surface area (Å²) in [5.74, 6) is -6.46. The zero-order valence-electron chi connectivity index (χ0n) is 27.1. The second-order valence-electron chi connectivity index (χ2n) is 12.3. The number of rotatable bonds is 6. The van der Waals surface area contributed by atoms with E-state index >= 15 is 0 Å². The maximum Gasteiger partial charge on any atom is 0.308 e. The number of carboxylic acids is 1.